The van der Waals surface area contributed by atoms with Crippen molar-refractivity contribution in [2.75, 3.05) is 32.7 Å². The van der Waals surface area contributed by atoms with Crippen molar-refractivity contribution in [2.24, 2.45) is 0 Å². The van der Waals surface area contributed by atoms with Crippen LogP contribution < -0.4 is 4.74 Å². The molecule has 2 heterocycles. The van der Waals surface area contributed by atoms with Crippen molar-refractivity contribution in [3.63, 3.8) is 0 Å². The summed E-state index contributed by atoms with van der Waals surface area (Å²) in [6.07, 6.45) is 1.56. The van der Waals surface area contributed by atoms with Crippen LogP contribution in [-0.2, 0) is 6.54 Å². The molecule has 0 aromatic heterocycles. The van der Waals surface area contributed by atoms with Gasteiger partial charge in [0.2, 0.25) is 5.78 Å². The molecular weight excluding hydrogens is 386 g/mol. The monoisotopic (exact) mass is 409 g/mol. The first-order chi connectivity index (χ1) is 14.5. The third-order valence-electron chi connectivity index (χ3n) is 5.61. The summed E-state index contributed by atoms with van der Waals surface area (Å²) in [4.78, 5) is 27.8. The van der Waals surface area contributed by atoms with Gasteiger partial charge in [-0.15, -0.1) is 0 Å². The SMILES string of the molecule is CCN1CCN(Cc2c(O)ccc3c2O/C(=C/c2ccc([N+](=O)[O-])cc2)C3=O)CC1. The van der Waals surface area contributed by atoms with Gasteiger partial charge in [0.25, 0.3) is 5.69 Å². The van der Waals surface area contributed by atoms with Crippen LogP contribution in [0.25, 0.3) is 6.08 Å². The molecule has 0 unspecified atom stereocenters. The maximum atomic E-state index is 12.8. The van der Waals surface area contributed by atoms with Gasteiger partial charge in [0.1, 0.15) is 11.5 Å². The molecule has 4 rings (SSSR count). The molecule has 8 nitrogen and oxygen atoms in total. The third-order valence-corrected chi connectivity index (χ3v) is 5.61. The Morgan fingerprint density at radius 2 is 1.77 bits per heavy atom. The van der Waals surface area contributed by atoms with Crippen LogP contribution in [-0.4, -0.2) is 58.3 Å². The molecule has 156 valence electrons. The van der Waals surface area contributed by atoms with Crippen molar-refractivity contribution in [2.45, 2.75) is 13.5 Å². The van der Waals surface area contributed by atoms with E-state index >= 15 is 0 Å². The maximum Gasteiger partial charge on any atom is 0.269 e. The van der Waals surface area contributed by atoms with Gasteiger partial charge in [0.15, 0.2) is 5.76 Å². The first-order valence-electron chi connectivity index (χ1n) is 9.94. The second-order valence-electron chi connectivity index (χ2n) is 7.44. The number of likely N-dealkylation sites (N-methyl/N-ethyl adjacent to an activating group) is 1. The number of nitrogens with zero attached hydrogens (tertiary/aromatic N) is 3. The number of non-ortho nitro benzene ring substituents is 1. The van der Waals surface area contributed by atoms with Gasteiger partial charge in [-0.25, -0.2) is 0 Å². The van der Waals surface area contributed by atoms with Gasteiger partial charge < -0.3 is 14.7 Å². The lowest BCUT2D eigenvalue weighted by Crippen LogP contribution is -2.45. The van der Waals surface area contributed by atoms with Crippen molar-refractivity contribution in [1.82, 2.24) is 9.80 Å². The van der Waals surface area contributed by atoms with E-state index in [0.717, 1.165) is 32.7 Å². The maximum absolute atomic E-state index is 12.8. The first kappa shape index (κ1) is 20.1. The fraction of sp³-hybridized carbons (Fsp3) is 0.318. The highest BCUT2D eigenvalue weighted by atomic mass is 16.6. The number of phenolic OH excluding ortho intramolecular Hbond substituents is 1. The molecule has 2 aliphatic heterocycles. The second kappa shape index (κ2) is 8.25. The predicted octanol–water partition coefficient (Wildman–Crippen LogP) is 3.05. The molecule has 0 spiro atoms. The largest absolute Gasteiger partial charge is 0.507 e. The minimum atomic E-state index is -0.473. The number of allylic oxidation sites excluding steroid dienone is 1. The average Bonchev–Trinajstić information content (AvgIpc) is 3.06. The predicted molar refractivity (Wildman–Crippen MR) is 112 cm³/mol. The molecule has 30 heavy (non-hydrogen) atoms. The number of piperazine rings is 1. The van der Waals surface area contributed by atoms with Gasteiger partial charge >= 0.3 is 0 Å². The number of rotatable bonds is 5. The molecule has 1 N–H and O–H groups in total. The standard InChI is InChI=1S/C22H23N3O5/c1-2-23-9-11-24(12-10-23)14-18-19(26)8-7-17-21(27)20(30-22(17)18)13-15-3-5-16(6-4-15)25(28)29/h3-8,13,26H,2,9-12,14H2,1H3/b20-13+. The lowest BCUT2D eigenvalue weighted by atomic mass is 10.0. The van der Waals surface area contributed by atoms with Crippen LogP contribution in [0.3, 0.4) is 0 Å². The van der Waals surface area contributed by atoms with E-state index in [-0.39, 0.29) is 23.0 Å². The number of nitro benzene ring substituents is 1. The summed E-state index contributed by atoms with van der Waals surface area (Å²) in [5.74, 6) is 0.379. The fourth-order valence-corrected chi connectivity index (χ4v) is 3.78. The molecule has 0 bridgehead atoms. The Labute approximate surface area is 174 Å². The molecule has 0 amide bonds. The summed E-state index contributed by atoms with van der Waals surface area (Å²) in [6.45, 7) is 7.38. The molecule has 0 radical (unpaired) electrons. The van der Waals surface area contributed by atoms with Crippen molar-refractivity contribution in [3.05, 3.63) is 69.0 Å². The molecule has 2 aliphatic rings. The normalized spacial score (nSPS) is 18.4. The zero-order chi connectivity index (χ0) is 21.3. The lowest BCUT2D eigenvalue weighted by Gasteiger charge is -2.34. The molecule has 2 aromatic carbocycles. The molecule has 1 saturated heterocycles. The number of fused-ring (bicyclic) bond motifs is 1. The number of aromatic hydroxyl groups is 1. The zero-order valence-corrected chi connectivity index (χ0v) is 16.7. The number of carbonyl (C=O) groups is 1. The Morgan fingerprint density at radius 1 is 1.10 bits per heavy atom. The highest BCUT2D eigenvalue weighted by Gasteiger charge is 2.32. The van der Waals surface area contributed by atoms with Crippen LogP contribution in [0.4, 0.5) is 5.69 Å². The highest BCUT2D eigenvalue weighted by molar-refractivity contribution is 6.15. The number of ether oxygens (including phenoxy) is 1. The Morgan fingerprint density at radius 3 is 2.40 bits per heavy atom. The summed E-state index contributed by atoms with van der Waals surface area (Å²) >= 11 is 0. The summed E-state index contributed by atoms with van der Waals surface area (Å²) in [5.41, 5.74) is 1.63. The number of nitro groups is 1. The number of hydrogen-bond donors (Lipinski definition) is 1. The van der Waals surface area contributed by atoms with Gasteiger partial charge in [0, 0.05) is 44.9 Å². The van der Waals surface area contributed by atoms with Crippen LogP contribution in [0.1, 0.15) is 28.4 Å². The molecule has 1 fully saturated rings. The summed E-state index contributed by atoms with van der Waals surface area (Å²) in [6, 6.07) is 9.00. The molecule has 8 heteroatoms. The van der Waals surface area contributed by atoms with Crippen molar-refractivity contribution in [3.8, 4) is 11.5 Å². The van der Waals surface area contributed by atoms with Crippen molar-refractivity contribution in [1.29, 1.82) is 0 Å². The minimum absolute atomic E-state index is 0.0190. The number of carbonyl (C=O) groups excluding carboxylic acids is 1. The van der Waals surface area contributed by atoms with Gasteiger partial charge in [-0.05, 0) is 42.4 Å². The van der Waals surface area contributed by atoms with Gasteiger partial charge in [0.05, 0.1) is 16.1 Å². The van der Waals surface area contributed by atoms with E-state index in [0.29, 0.717) is 29.0 Å². The van der Waals surface area contributed by atoms with Crippen LogP contribution in [0, 0.1) is 10.1 Å². The topological polar surface area (TPSA) is 96.2 Å². The number of ketones is 1. The summed E-state index contributed by atoms with van der Waals surface area (Å²) < 4.78 is 5.88. The molecule has 2 aromatic rings. The number of Topliss-reactive ketones (excluding diaryl/α,β-unsaturated/α-hetero) is 1. The van der Waals surface area contributed by atoms with E-state index in [2.05, 4.69) is 16.7 Å². The number of hydrogen-bond acceptors (Lipinski definition) is 7. The van der Waals surface area contributed by atoms with Crippen molar-refractivity contribution >= 4 is 17.5 Å². The minimum Gasteiger partial charge on any atom is -0.507 e. The Balaban J connectivity index is 1.57. The zero-order valence-electron chi connectivity index (χ0n) is 16.7. The van der Waals surface area contributed by atoms with Crippen LogP contribution >= 0.6 is 0 Å². The Bertz CT molecular complexity index is 1010. The number of phenols is 1. The van der Waals surface area contributed by atoms with E-state index < -0.39 is 4.92 Å². The van der Waals surface area contributed by atoms with Crippen LogP contribution in [0.15, 0.2) is 42.2 Å². The summed E-state index contributed by atoms with van der Waals surface area (Å²) in [7, 11) is 0. The smallest absolute Gasteiger partial charge is 0.269 e. The van der Waals surface area contributed by atoms with Gasteiger partial charge in [-0.2, -0.15) is 0 Å². The second-order valence-corrected chi connectivity index (χ2v) is 7.44. The first-order valence-corrected chi connectivity index (χ1v) is 9.94. The molecular formula is C22H23N3O5. The third kappa shape index (κ3) is 3.92. The summed E-state index contributed by atoms with van der Waals surface area (Å²) in [5, 5.41) is 21.2. The molecule has 0 atom stereocenters. The van der Waals surface area contributed by atoms with E-state index in [4.69, 9.17) is 4.74 Å². The fourth-order valence-electron chi connectivity index (χ4n) is 3.78. The lowest BCUT2D eigenvalue weighted by molar-refractivity contribution is -0.384. The molecule has 0 aliphatic carbocycles. The van der Waals surface area contributed by atoms with E-state index in [1.54, 1.807) is 24.3 Å². The average molecular weight is 409 g/mol. The Hall–Kier alpha value is -3.23. The quantitative estimate of drug-likeness (QED) is 0.461. The van der Waals surface area contributed by atoms with Crippen LogP contribution in [0.2, 0.25) is 0 Å². The van der Waals surface area contributed by atoms with Gasteiger partial charge in [-0.1, -0.05) is 6.92 Å². The Kier molecular flexibility index (Phi) is 5.52. The van der Waals surface area contributed by atoms with E-state index in [9.17, 15) is 20.0 Å². The van der Waals surface area contributed by atoms with Crippen LogP contribution in [0.5, 0.6) is 11.5 Å². The van der Waals surface area contributed by atoms with E-state index in [1.807, 2.05) is 0 Å². The molecule has 0 saturated carbocycles. The van der Waals surface area contributed by atoms with E-state index in [1.165, 1.54) is 18.2 Å². The number of benzene rings is 2. The highest BCUT2D eigenvalue weighted by Crippen LogP contribution is 2.40. The van der Waals surface area contributed by atoms with Gasteiger partial charge in [-0.3, -0.25) is 19.8 Å². The van der Waals surface area contributed by atoms with Crippen molar-refractivity contribution < 1.29 is 19.6 Å².